The standard InChI is InChI=1S/C17H12N4O2/c18-11-13-6-8-14(9-7-13)16(22)19-17-21-20-15(23-17)10-12-4-2-1-3-5-12/h1-9H,10H2,(H,19,21,22). The van der Waals surface area contributed by atoms with E-state index in [9.17, 15) is 4.79 Å². The van der Waals surface area contributed by atoms with Gasteiger partial charge in [0, 0.05) is 5.56 Å². The predicted octanol–water partition coefficient (Wildman–Crippen LogP) is 2.78. The summed E-state index contributed by atoms with van der Waals surface area (Å²) in [5.74, 6) is 0.0516. The molecule has 0 atom stereocenters. The average molecular weight is 304 g/mol. The van der Waals surface area contributed by atoms with Crippen LogP contribution in [0.2, 0.25) is 0 Å². The number of anilines is 1. The minimum Gasteiger partial charge on any atom is -0.407 e. The molecule has 0 saturated heterocycles. The third-order valence-corrected chi connectivity index (χ3v) is 3.16. The zero-order chi connectivity index (χ0) is 16.1. The molecule has 0 aliphatic carbocycles. The van der Waals surface area contributed by atoms with Crippen LogP contribution < -0.4 is 5.32 Å². The van der Waals surface area contributed by atoms with Gasteiger partial charge in [0.2, 0.25) is 5.89 Å². The van der Waals surface area contributed by atoms with Crippen molar-refractivity contribution in [1.82, 2.24) is 10.2 Å². The molecule has 0 fully saturated rings. The van der Waals surface area contributed by atoms with E-state index in [2.05, 4.69) is 15.5 Å². The Morgan fingerprint density at radius 2 is 1.83 bits per heavy atom. The largest absolute Gasteiger partial charge is 0.407 e. The molecule has 1 aromatic heterocycles. The van der Waals surface area contributed by atoms with Crippen molar-refractivity contribution < 1.29 is 9.21 Å². The van der Waals surface area contributed by atoms with Crippen LogP contribution >= 0.6 is 0 Å². The summed E-state index contributed by atoms with van der Waals surface area (Å²) < 4.78 is 5.42. The highest BCUT2D eigenvalue weighted by Gasteiger charge is 2.12. The maximum absolute atomic E-state index is 12.1. The van der Waals surface area contributed by atoms with Gasteiger partial charge >= 0.3 is 6.01 Å². The first kappa shape index (κ1) is 14.5. The summed E-state index contributed by atoms with van der Waals surface area (Å²) in [6, 6.07) is 18.0. The molecule has 23 heavy (non-hydrogen) atoms. The van der Waals surface area contributed by atoms with Gasteiger partial charge in [-0.05, 0) is 29.8 Å². The van der Waals surface area contributed by atoms with Crippen LogP contribution in [-0.4, -0.2) is 16.1 Å². The number of nitriles is 1. The van der Waals surface area contributed by atoms with E-state index < -0.39 is 0 Å². The molecule has 1 N–H and O–H groups in total. The number of nitrogens with zero attached hydrogens (tertiary/aromatic N) is 3. The Hall–Kier alpha value is -3.46. The summed E-state index contributed by atoms with van der Waals surface area (Å²) in [4.78, 5) is 12.1. The molecular weight excluding hydrogens is 292 g/mol. The summed E-state index contributed by atoms with van der Waals surface area (Å²) in [6.45, 7) is 0. The topological polar surface area (TPSA) is 91.8 Å². The number of benzene rings is 2. The molecule has 3 aromatic rings. The van der Waals surface area contributed by atoms with Crippen molar-refractivity contribution in [2.75, 3.05) is 5.32 Å². The van der Waals surface area contributed by atoms with Crippen molar-refractivity contribution in [1.29, 1.82) is 5.26 Å². The fraction of sp³-hybridized carbons (Fsp3) is 0.0588. The Balaban J connectivity index is 1.66. The van der Waals surface area contributed by atoms with Crippen molar-refractivity contribution in [3.8, 4) is 6.07 Å². The lowest BCUT2D eigenvalue weighted by Gasteiger charge is -2.00. The van der Waals surface area contributed by atoms with Crippen LogP contribution in [0, 0.1) is 11.3 Å². The zero-order valence-electron chi connectivity index (χ0n) is 12.1. The molecule has 0 radical (unpaired) electrons. The van der Waals surface area contributed by atoms with Crippen LogP contribution in [0.4, 0.5) is 6.01 Å². The van der Waals surface area contributed by atoms with E-state index in [4.69, 9.17) is 9.68 Å². The van der Waals surface area contributed by atoms with Gasteiger partial charge in [-0.1, -0.05) is 35.4 Å². The van der Waals surface area contributed by atoms with Crippen LogP contribution in [0.5, 0.6) is 0 Å². The van der Waals surface area contributed by atoms with Gasteiger partial charge in [-0.3, -0.25) is 10.1 Å². The highest BCUT2D eigenvalue weighted by atomic mass is 16.4. The summed E-state index contributed by atoms with van der Waals surface area (Å²) >= 11 is 0. The van der Waals surface area contributed by atoms with Gasteiger partial charge in [-0.2, -0.15) is 5.26 Å². The second-order valence-electron chi connectivity index (χ2n) is 4.81. The maximum atomic E-state index is 12.1. The molecule has 3 rings (SSSR count). The van der Waals surface area contributed by atoms with Gasteiger partial charge in [0.15, 0.2) is 0 Å². The van der Waals surface area contributed by atoms with Gasteiger partial charge < -0.3 is 4.42 Å². The summed E-state index contributed by atoms with van der Waals surface area (Å²) in [5.41, 5.74) is 1.94. The third-order valence-electron chi connectivity index (χ3n) is 3.16. The van der Waals surface area contributed by atoms with Crippen molar-refractivity contribution in [3.63, 3.8) is 0 Å². The number of amides is 1. The molecule has 0 unspecified atom stereocenters. The Labute approximate surface area is 132 Å². The molecule has 0 aliphatic heterocycles. The van der Waals surface area contributed by atoms with Crippen LogP contribution in [0.25, 0.3) is 0 Å². The Kier molecular flexibility index (Phi) is 4.11. The van der Waals surface area contributed by atoms with Crippen molar-refractivity contribution in [3.05, 3.63) is 77.2 Å². The molecule has 0 aliphatic rings. The van der Waals surface area contributed by atoms with E-state index in [-0.39, 0.29) is 11.9 Å². The monoisotopic (exact) mass is 304 g/mol. The normalized spacial score (nSPS) is 10.0. The van der Waals surface area contributed by atoms with Crippen LogP contribution in [0.15, 0.2) is 59.0 Å². The summed E-state index contributed by atoms with van der Waals surface area (Å²) in [6.07, 6.45) is 0.501. The molecule has 0 spiro atoms. The molecule has 0 saturated carbocycles. The first-order valence-electron chi connectivity index (χ1n) is 6.92. The van der Waals surface area contributed by atoms with Crippen molar-refractivity contribution >= 4 is 11.9 Å². The lowest BCUT2D eigenvalue weighted by atomic mass is 10.1. The molecule has 1 amide bonds. The van der Waals surface area contributed by atoms with E-state index >= 15 is 0 Å². The van der Waals surface area contributed by atoms with Gasteiger partial charge in [-0.25, -0.2) is 0 Å². The molecule has 1 heterocycles. The number of carbonyl (C=O) groups excluding carboxylic acids is 1. The first-order chi connectivity index (χ1) is 11.2. The summed E-state index contributed by atoms with van der Waals surface area (Å²) in [7, 11) is 0. The molecule has 112 valence electrons. The number of carbonyl (C=O) groups is 1. The van der Waals surface area contributed by atoms with Crippen molar-refractivity contribution in [2.24, 2.45) is 0 Å². The fourth-order valence-corrected chi connectivity index (χ4v) is 2.01. The lowest BCUT2D eigenvalue weighted by molar-refractivity contribution is 0.102. The highest BCUT2D eigenvalue weighted by molar-refractivity contribution is 6.03. The quantitative estimate of drug-likeness (QED) is 0.800. The number of rotatable bonds is 4. The molecule has 6 nitrogen and oxygen atoms in total. The van der Waals surface area contributed by atoms with E-state index in [1.54, 1.807) is 24.3 Å². The van der Waals surface area contributed by atoms with Gasteiger partial charge in [-0.15, -0.1) is 5.10 Å². The molecule has 6 heteroatoms. The Bertz CT molecular complexity index is 848. The number of hydrogen-bond donors (Lipinski definition) is 1. The SMILES string of the molecule is N#Cc1ccc(C(=O)Nc2nnc(Cc3ccccc3)o2)cc1. The number of nitrogens with one attached hydrogen (secondary N) is 1. The minimum absolute atomic E-state index is 0.0466. The fourth-order valence-electron chi connectivity index (χ4n) is 2.01. The molecule has 0 bridgehead atoms. The minimum atomic E-state index is -0.371. The Morgan fingerprint density at radius 1 is 1.09 bits per heavy atom. The third kappa shape index (κ3) is 3.60. The number of hydrogen-bond acceptors (Lipinski definition) is 5. The predicted molar refractivity (Wildman–Crippen MR) is 82.7 cm³/mol. The van der Waals surface area contributed by atoms with E-state index in [1.165, 1.54) is 0 Å². The molecular formula is C17H12N4O2. The van der Waals surface area contributed by atoms with Gasteiger partial charge in [0.25, 0.3) is 5.91 Å². The van der Waals surface area contributed by atoms with Crippen molar-refractivity contribution in [2.45, 2.75) is 6.42 Å². The van der Waals surface area contributed by atoms with E-state index in [1.807, 2.05) is 36.4 Å². The average Bonchev–Trinajstić information content (AvgIpc) is 3.02. The van der Waals surface area contributed by atoms with Crippen LogP contribution in [0.3, 0.4) is 0 Å². The second kappa shape index (κ2) is 6.54. The number of aromatic nitrogens is 2. The van der Waals surface area contributed by atoms with Crippen LogP contribution in [-0.2, 0) is 6.42 Å². The molecule has 2 aromatic carbocycles. The Morgan fingerprint density at radius 3 is 2.52 bits per heavy atom. The maximum Gasteiger partial charge on any atom is 0.322 e. The van der Waals surface area contributed by atoms with Gasteiger partial charge in [0.05, 0.1) is 18.1 Å². The summed E-state index contributed by atoms with van der Waals surface area (Å²) in [5, 5.41) is 19.0. The van der Waals surface area contributed by atoms with Crippen LogP contribution in [0.1, 0.15) is 27.4 Å². The first-order valence-corrected chi connectivity index (χ1v) is 6.92. The van der Waals surface area contributed by atoms with E-state index in [0.717, 1.165) is 5.56 Å². The zero-order valence-corrected chi connectivity index (χ0v) is 12.1. The van der Waals surface area contributed by atoms with E-state index in [0.29, 0.717) is 23.4 Å². The van der Waals surface area contributed by atoms with Gasteiger partial charge in [0.1, 0.15) is 0 Å². The smallest absolute Gasteiger partial charge is 0.322 e. The highest BCUT2D eigenvalue weighted by Crippen LogP contribution is 2.12. The second-order valence-corrected chi connectivity index (χ2v) is 4.81. The lowest BCUT2D eigenvalue weighted by Crippen LogP contribution is -2.12.